The van der Waals surface area contributed by atoms with Crippen molar-refractivity contribution in [1.29, 1.82) is 0 Å². The van der Waals surface area contributed by atoms with E-state index < -0.39 is 0 Å². The van der Waals surface area contributed by atoms with Gasteiger partial charge >= 0.3 is 0 Å². The van der Waals surface area contributed by atoms with Gasteiger partial charge in [0.1, 0.15) is 19.3 Å². The van der Waals surface area contributed by atoms with Crippen molar-refractivity contribution in [2.75, 3.05) is 60.4 Å². The van der Waals surface area contributed by atoms with Gasteiger partial charge < -0.3 is 30.7 Å². The molecule has 0 aliphatic rings. The van der Waals surface area contributed by atoms with Gasteiger partial charge in [0.15, 0.2) is 0 Å². The molecule has 0 fully saturated rings. The van der Waals surface area contributed by atoms with Gasteiger partial charge in [-0.25, -0.2) is 0 Å². The Morgan fingerprint density at radius 3 is 0.815 bits per heavy atom. The van der Waals surface area contributed by atoms with Gasteiger partial charge in [0.05, 0.1) is 0 Å². The first-order chi connectivity index (χ1) is 26.0. The average Bonchev–Trinajstić information content (AvgIpc) is 3.14. The Kier molecular flexibility index (Phi) is 33.4. The SMILES string of the molecule is CCCCCCCN(C)C(=O)CC(=O)NCCCCCCCCNC(=O)CC(=O)N(C)CCCCCCCCNC(=O)CC(=O)N(C)CCCCCCC. The second kappa shape index (κ2) is 35.5. The van der Waals surface area contributed by atoms with E-state index in [2.05, 4.69) is 29.8 Å². The molecule has 6 amide bonds. The second-order valence-electron chi connectivity index (χ2n) is 15.1. The van der Waals surface area contributed by atoms with Crippen LogP contribution in [0, 0.1) is 0 Å². The molecule has 0 radical (unpaired) electrons. The lowest BCUT2D eigenvalue weighted by atomic mass is 10.1. The first kappa shape index (κ1) is 50.8. The summed E-state index contributed by atoms with van der Waals surface area (Å²) in [6.45, 7) is 8.11. The molecule has 0 aliphatic heterocycles. The van der Waals surface area contributed by atoms with Crippen molar-refractivity contribution in [3.05, 3.63) is 0 Å². The summed E-state index contributed by atoms with van der Waals surface area (Å²) in [7, 11) is 5.28. The highest BCUT2D eigenvalue weighted by atomic mass is 16.2. The molecule has 0 rings (SSSR count). The summed E-state index contributed by atoms with van der Waals surface area (Å²) in [5, 5.41) is 8.58. The van der Waals surface area contributed by atoms with Gasteiger partial charge in [0, 0.05) is 60.4 Å². The highest BCUT2D eigenvalue weighted by molar-refractivity contribution is 5.97. The normalized spacial score (nSPS) is 10.8. The molecule has 0 heterocycles. The van der Waals surface area contributed by atoms with E-state index in [9.17, 15) is 28.8 Å². The van der Waals surface area contributed by atoms with Crippen LogP contribution in [0.5, 0.6) is 0 Å². The first-order valence-corrected chi connectivity index (χ1v) is 21.5. The molecule has 0 aliphatic carbocycles. The molecule has 3 N–H and O–H groups in total. The molecule has 12 nitrogen and oxygen atoms in total. The van der Waals surface area contributed by atoms with Crippen LogP contribution in [0.15, 0.2) is 0 Å². The molecule has 0 aromatic carbocycles. The maximum Gasteiger partial charge on any atom is 0.231 e. The molecule has 0 bridgehead atoms. The minimum Gasteiger partial charge on any atom is -0.356 e. The molecule has 0 saturated carbocycles. The summed E-state index contributed by atoms with van der Waals surface area (Å²) >= 11 is 0. The predicted octanol–water partition coefficient (Wildman–Crippen LogP) is 6.50. The maximum atomic E-state index is 12.4. The number of nitrogens with one attached hydrogen (secondary N) is 3. The Morgan fingerprint density at radius 2 is 0.556 bits per heavy atom. The Labute approximate surface area is 329 Å². The maximum absolute atomic E-state index is 12.4. The number of amides is 6. The fourth-order valence-electron chi connectivity index (χ4n) is 6.11. The van der Waals surface area contributed by atoms with Crippen molar-refractivity contribution in [1.82, 2.24) is 30.7 Å². The number of unbranched alkanes of at least 4 members (excludes halogenated alkanes) is 18. The number of nitrogens with zero attached hydrogens (tertiary/aromatic N) is 3. The van der Waals surface area contributed by atoms with Crippen LogP contribution in [0.2, 0.25) is 0 Å². The second-order valence-corrected chi connectivity index (χ2v) is 15.1. The summed E-state index contributed by atoms with van der Waals surface area (Å²) in [6.07, 6.45) is 22.8. The standard InChI is InChI=1S/C42H80N6O6/c1-6-8-10-19-25-31-46(3)40(52)34-37(49)43-28-22-16-12-13-17-23-29-44-39(51)36-42(54)48(5)33-27-21-15-14-18-24-30-45-38(50)35-41(53)47(4)32-26-20-11-9-7-2/h6-36H2,1-5H3,(H,43,49)(H,44,51)(H,45,50). The fraction of sp³-hybridized carbons (Fsp3) is 0.857. The van der Waals surface area contributed by atoms with E-state index in [0.717, 1.165) is 103 Å². The highest BCUT2D eigenvalue weighted by Gasteiger charge is 2.15. The molecule has 0 aromatic rings. The fourth-order valence-corrected chi connectivity index (χ4v) is 6.11. The van der Waals surface area contributed by atoms with E-state index in [1.807, 2.05) is 0 Å². The van der Waals surface area contributed by atoms with Gasteiger partial charge in [-0.05, 0) is 38.5 Å². The number of rotatable bonds is 36. The van der Waals surface area contributed by atoms with Crippen LogP contribution in [0.4, 0.5) is 0 Å². The van der Waals surface area contributed by atoms with Crippen LogP contribution in [-0.2, 0) is 28.8 Å². The lowest BCUT2D eigenvalue weighted by molar-refractivity contribution is -0.136. The zero-order chi connectivity index (χ0) is 40.2. The lowest BCUT2D eigenvalue weighted by Gasteiger charge is -2.17. The first-order valence-electron chi connectivity index (χ1n) is 21.5. The van der Waals surface area contributed by atoms with E-state index in [-0.39, 0.29) is 54.7 Å². The predicted molar refractivity (Wildman–Crippen MR) is 219 cm³/mol. The van der Waals surface area contributed by atoms with Gasteiger partial charge in [0.25, 0.3) is 0 Å². The molecule has 0 atom stereocenters. The van der Waals surface area contributed by atoms with E-state index in [1.165, 1.54) is 38.5 Å². The number of hydrogen-bond acceptors (Lipinski definition) is 6. The van der Waals surface area contributed by atoms with Crippen LogP contribution in [0.25, 0.3) is 0 Å². The third-order valence-electron chi connectivity index (χ3n) is 9.90. The molecular weight excluding hydrogens is 684 g/mol. The van der Waals surface area contributed by atoms with Crippen molar-refractivity contribution < 1.29 is 28.8 Å². The molecular formula is C42H80N6O6. The highest BCUT2D eigenvalue weighted by Crippen LogP contribution is 2.08. The Hall–Kier alpha value is -3.18. The van der Waals surface area contributed by atoms with Crippen molar-refractivity contribution >= 4 is 35.4 Å². The van der Waals surface area contributed by atoms with Crippen molar-refractivity contribution in [2.45, 2.75) is 174 Å². The van der Waals surface area contributed by atoms with E-state index in [0.29, 0.717) is 39.3 Å². The van der Waals surface area contributed by atoms with Gasteiger partial charge in [0.2, 0.25) is 35.4 Å². The van der Waals surface area contributed by atoms with E-state index >= 15 is 0 Å². The summed E-state index contributed by atoms with van der Waals surface area (Å²) in [5.41, 5.74) is 0. The van der Waals surface area contributed by atoms with Crippen LogP contribution in [0.1, 0.15) is 174 Å². The Morgan fingerprint density at radius 1 is 0.333 bits per heavy atom. The summed E-state index contributed by atoms with van der Waals surface area (Å²) in [6, 6.07) is 0. The molecule has 0 unspecified atom stereocenters. The van der Waals surface area contributed by atoms with E-state index in [1.54, 1.807) is 35.8 Å². The third kappa shape index (κ3) is 31.2. The van der Waals surface area contributed by atoms with Crippen molar-refractivity contribution in [2.24, 2.45) is 0 Å². The molecule has 0 spiro atoms. The zero-order valence-electron chi connectivity index (χ0n) is 35.2. The van der Waals surface area contributed by atoms with Crippen LogP contribution in [0.3, 0.4) is 0 Å². The average molecular weight is 765 g/mol. The largest absolute Gasteiger partial charge is 0.356 e. The molecule has 0 saturated heterocycles. The molecule has 0 aromatic heterocycles. The molecule has 54 heavy (non-hydrogen) atoms. The summed E-state index contributed by atoms with van der Waals surface area (Å²) in [4.78, 5) is 78.3. The lowest BCUT2D eigenvalue weighted by Crippen LogP contribution is -2.34. The Balaban J connectivity index is 3.69. The van der Waals surface area contributed by atoms with Gasteiger partial charge in [-0.15, -0.1) is 0 Å². The minimum atomic E-state index is -0.236. The van der Waals surface area contributed by atoms with E-state index in [4.69, 9.17) is 0 Å². The molecule has 12 heteroatoms. The Bertz CT molecular complexity index is 1030. The summed E-state index contributed by atoms with van der Waals surface area (Å²) in [5.74, 6) is -1.07. The number of carbonyl (C=O) groups is 6. The van der Waals surface area contributed by atoms with Gasteiger partial charge in [-0.1, -0.05) is 117 Å². The van der Waals surface area contributed by atoms with Crippen LogP contribution in [-0.4, -0.2) is 111 Å². The van der Waals surface area contributed by atoms with Crippen LogP contribution >= 0.6 is 0 Å². The minimum absolute atomic E-state index is 0.0878. The van der Waals surface area contributed by atoms with Crippen molar-refractivity contribution in [3.63, 3.8) is 0 Å². The van der Waals surface area contributed by atoms with Gasteiger partial charge in [-0.3, -0.25) is 28.8 Å². The monoisotopic (exact) mass is 765 g/mol. The zero-order valence-corrected chi connectivity index (χ0v) is 35.2. The quantitative estimate of drug-likeness (QED) is 0.0490. The third-order valence-corrected chi connectivity index (χ3v) is 9.90. The number of hydrogen-bond donors (Lipinski definition) is 3. The van der Waals surface area contributed by atoms with Crippen LogP contribution < -0.4 is 16.0 Å². The topological polar surface area (TPSA) is 148 Å². The van der Waals surface area contributed by atoms with Gasteiger partial charge in [-0.2, -0.15) is 0 Å². The summed E-state index contributed by atoms with van der Waals surface area (Å²) < 4.78 is 0. The molecule has 314 valence electrons. The van der Waals surface area contributed by atoms with Crippen molar-refractivity contribution in [3.8, 4) is 0 Å². The smallest absolute Gasteiger partial charge is 0.231 e. The number of carbonyl (C=O) groups excluding carboxylic acids is 6.